The van der Waals surface area contributed by atoms with Gasteiger partial charge in [-0.25, -0.2) is 8.42 Å². The van der Waals surface area contributed by atoms with Crippen molar-refractivity contribution in [2.24, 2.45) is 0 Å². The molecule has 0 spiro atoms. The van der Waals surface area contributed by atoms with Gasteiger partial charge in [0.15, 0.2) is 25.8 Å². The van der Waals surface area contributed by atoms with Crippen LogP contribution in [0.4, 0.5) is 5.82 Å². The number of hydrazine groups is 1. The van der Waals surface area contributed by atoms with Crippen LogP contribution in [-0.2, 0) is 9.84 Å². The molecule has 9 heteroatoms. The van der Waals surface area contributed by atoms with Crippen molar-refractivity contribution in [2.45, 2.75) is 11.9 Å². The van der Waals surface area contributed by atoms with Crippen molar-refractivity contribution >= 4 is 33.0 Å². The second-order valence-electron chi connectivity index (χ2n) is 2.99. The second kappa shape index (κ2) is 5.73. The zero-order chi connectivity index (χ0) is 12.9. The highest BCUT2D eigenvalue weighted by Gasteiger charge is 2.13. The van der Waals surface area contributed by atoms with E-state index in [4.69, 9.17) is 12.2 Å². The molecule has 0 aliphatic rings. The molecule has 0 bridgehead atoms. The first-order valence-corrected chi connectivity index (χ1v) is 6.86. The SMILES string of the molecule is CCS(=O)(=O)c1ccc(NNC(=S)NC)nn1. The van der Waals surface area contributed by atoms with E-state index >= 15 is 0 Å². The first kappa shape index (κ1) is 13.6. The average molecular weight is 275 g/mol. The number of hydrogen-bond donors (Lipinski definition) is 3. The van der Waals surface area contributed by atoms with E-state index < -0.39 is 9.84 Å². The molecule has 1 rings (SSSR count). The Morgan fingerprint density at radius 3 is 2.59 bits per heavy atom. The Morgan fingerprint density at radius 2 is 2.12 bits per heavy atom. The Kier molecular flexibility index (Phi) is 4.58. The number of aromatic nitrogens is 2. The van der Waals surface area contributed by atoms with Gasteiger partial charge >= 0.3 is 0 Å². The highest BCUT2D eigenvalue weighted by molar-refractivity contribution is 7.91. The molecular weight excluding hydrogens is 262 g/mol. The van der Waals surface area contributed by atoms with E-state index in [0.29, 0.717) is 10.9 Å². The normalized spacial score (nSPS) is 10.7. The maximum Gasteiger partial charge on any atom is 0.197 e. The predicted octanol–water partition coefficient (Wildman–Crippen LogP) is -0.309. The van der Waals surface area contributed by atoms with Gasteiger partial charge in [-0.15, -0.1) is 10.2 Å². The fourth-order valence-electron chi connectivity index (χ4n) is 0.884. The molecule has 1 heterocycles. The van der Waals surface area contributed by atoms with Crippen LogP contribution in [0.2, 0.25) is 0 Å². The van der Waals surface area contributed by atoms with E-state index in [1.165, 1.54) is 12.1 Å². The van der Waals surface area contributed by atoms with Gasteiger partial charge in [0.2, 0.25) is 0 Å². The molecular formula is C8H13N5O2S2. The highest BCUT2D eigenvalue weighted by Crippen LogP contribution is 2.08. The Hall–Kier alpha value is -1.48. The number of sulfone groups is 1. The Morgan fingerprint density at radius 1 is 1.41 bits per heavy atom. The molecule has 0 saturated heterocycles. The van der Waals surface area contributed by atoms with Gasteiger partial charge in [-0.3, -0.25) is 10.9 Å². The van der Waals surface area contributed by atoms with Gasteiger partial charge in [-0.05, 0) is 24.4 Å². The lowest BCUT2D eigenvalue weighted by atomic mass is 10.5. The van der Waals surface area contributed by atoms with E-state index in [9.17, 15) is 8.42 Å². The molecule has 7 nitrogen and oxygen atoms in total. The van der Waals surface area contributed by atoms with Crippen LogP contribution in [0.3, 0.4) is 0 Å². The summed E-state index contributed by atoms with van der Waals surface area (Å²) in [6, 6.07) is 2.89. The fraction of sp³-hybridized carbons (Fsp3) is 0.375. The molecule has 94 valence electrons. The largest absolute Gasteiger partial charge is 0.364 e. The lowest BCUT2D eigenvalue weighted by Crippen LogP contribution is -2.36. The first-order chi connectivity index (χ1) is 7.99. The molecule has 0 aliphatic heterocycles. The Bertz CT molecular complexity index is 485. The van der Waals surface area contributed by atoms with Gasteiger partial charge in [0.1, 0.15) is 0 Å². The van der Waals surface area contributed by atoms with Crippen LogP contribution >= 0.6 is 12.2 Å². The van der Waals surface area contributed by atoms with E-state index in [1.54, 1.807) is 14.0 Å². The van der Waals surface area contributed by atoms with Crippen LogP contribution in [0.15, 0.2) is 17.2 Å². The van der Waals surface area contributed by atoms with Gasteiger partial charge in [0, 0.05) is 7.05 Å². The second-order valence-corrected chi connectivity index (χ2v) is 5.62. The third-order valence-electron chi connectivity index (χ3n) is 1.87. The van der Waals surface area contributed by atoms with Gasteiger partial charge < -0.3 is 5.32 Å². The molecule has 0 radical (unpaired) electrons. The molecule has 0 atom stereocenters. The fourth-order valence-corrected chi connectivity index (χ4v) is 1.67. The number of nitrogens with one attached hydrogen (secondary N) is 3. The molecule has 0 aliphatic carbocycles. The summed E-state index contributed by atoms with van der Waals surface area (Å²) in [6.45, 7) is 1.55. The maximum absolute atomic E-state index is 11.5. The molecule has 3 N–H and O–H groups in total. The van der Waals surface area contributed by atoms with Gasteiger partial charge in [-0.2, -0.15) is 0 Å². The molecule has 1 aromatic rings. The number of hydrogen-bond acceptors (Lipinski definition) is 6. The average Bonchev–Trinajstić information content (AvgIpc) is 2.36. The number of anilines is 1. The number of thiocarbonyl (C=S) groups is 1. The summed E-state index contributed by atoms with van der Waals surface area (Å²) < 4.78 is 22.9. The van der Waals surface area contributed by atoms with Crippen molar-refractivity contribution in [1.29, 1.82) is 0 Å². The van der Waals surface area contributed by atoms with Crippen LogP contribution < -0.4 is 16.2 Å². The summed E-state index contributed by atoms with van der Waals surface area (Å²) in [6.07, 6.45) is 0. The summed E-state index contributed by atoms with van der Waals surface area (Å²) in [7, 11) is -1.64. The van der Waals surface area contributed by atoms with Crippen molar-refractivity contribution in [3.63, 3.8) is 0 Å². The first-order valence-electron chi connectivity index (χ1n) is 4.80. The van der Waals surface area contributed by atoms with Crippen molar-refractivity contribution in [3.8, 4) is 0 Å². The van der Waals surface area contributed by atoms with Crippen molar-refractivity contribution in [2.75, 3.05) is 18.2 Å². The van der Waals surface area contributed by atoms with Crippen LogP contribution in [0.1, 0.15) is 6.92 Å². The zero-order valence-corrected chi connectivity index (χ0v) is 11.0. The summed E-state index contributed by atoms with van der Waals surface area (Å²) in [5.74, 6) is 0.369. The molecule has 1 aromatic heterocycles. The topological polar surface area (TPSA) is 96.0 Å². The third-order valence-corrected chi connectivity index (χ3v) is 3.79. The third kappa shape index (κ3) is 3.79. The predicted molar refractivity (Wildman–Crippen MR) is 68.2 cm³/mol. The van der Waals surface area contributed by atoms with Crippen LogP contribution in [0, 0.1) is 0 Å². The van der Waals surface area contributed by atoms with E-state index in [-0.39, 0.29) is 10.8 Å². The van der Waals surface area contributed by atoms with Crippen LogP contribution in [-0.4, -0.2) is 36.5 Å². The van der Waals surface area contributed by atoms with Crippen LogP contribution in [0.5, 0.6) is 0 Å². The van der Waals surface area contributed by atoms with E-state index in [2.05, 4.69) is 26.4 Å². The number of rotatable bonds is 4. The zero-order valence-electron chi connectivity index (χ0n) is 9.39. The number of nitrogens with zero attached hydrogens (tertiary/aromatic N) is 2. The van der Waals surface area contributed by atoms with Crippen molar-refractivity contribution in [3.05, 3.63) is 12.1 Å². The lowest BCUT2D eigenvalue weighted by Gasteiger charge is -2.08. The maximum atomic E-state index is 11.5. The Balaban J connectivity index is 2.72. The molecule has 0 unspecified atom stereocenters. The van der Waals surface area contributed by atoms with Gasteiger partial charge in [0.25, 0.3) is 0 Å². The van der Waals surface area contributed by atoms with E-state index in [1.807, 2.05) is 0 Å². The van der Waals surface area contributed by atoms with Crippen molar-refractivity contribution < 1.29 is 8.42 Å². The molecule has 17 heavy (non-hydrogen) atoms. The minimum Gasteiger partial charge on any atom is -0.364 e. The minimum absolute atomic E-state index is 0.00343. The summed E-state index contributed by atoms with van der Waals surface area (Å²) in [5.41, 5.74) is 5.31. The minimum atomic E-state index is -3.31. The molecule has 0 saturated carbocycles. The summed E-state index contributed by atoms with van der Waals surface area (Å²) >= 11 is 4.83. The monoisotopic (exact) mass is 275 g/mol. The summed E-state index contributed by atoms with van der Waals surface area (Å²) in [5, 5.41) is 10.4. The van der Waals surface area contributed by atoms with Crippen molar-refractivity contribution in [1.82, 2.24) is 20.9 Å². The molecule has 0 amide bonds. The standard InChI is InChI=1S/C8H13N5O2S2/c1-3-17(14,15)7-5-4-6(10-12-7)11-13-8(16)9-2/h4-5H,3H2,1-2H3,(H,10,11)(H2,9,13,16). The highest BCUT2D eigenvalue weighted by atomic mass is 32.2. The van der Waals surface area contributed by atoms with Gasteiger partial charge in [0.05, 0.1) is 5.75 Å². The van der Waals surface area contributed by atoms with Gasteiger partial charge in [-0.1, -0.05) is 6.92 Å². The van der Waals surface area contributed by atoms with E-state index in [0.717, 1.165) is 0 Å². The molecule has 0 fully saturated rings. The summed E-state index contributed by atoms with van der Waals surface area (Å²) in [4.78, 5) is 0. The quantitative estimate of drug-likeness (QED) is 0.509. The Labute approximate surface area is 105 Å². The molecule has 0 aromatic carbocycles. The lowest BCUT2D eigenvalue weighted by molar-refractivity contribution is 0.591. The smallest absolute Gasteiger partial charge is 0.197 e. The van der Waals surface area contributed by atoms with Crippen LogP contribution in [0.25, 0.3) is 0 Å².